The summed E-state index contributed by atoms with van der Waals surface area (Å²) in [6, 6.07) is 9.83. The van der Waals surface area contributed by atoms with Crippen LogP contribution < -0.4 is 5.32 Å². The Kier molecular flexibility index (Phi) is 4.32. The summed E-state index contributed by atoms with van der Waals surface area (Å²) in [5.74, 6) is 2.52. The van der Waals surface area contributed by atoms with Crippen molar-refractivity contribution < 1.29 is 0 Å². The third-order valence-electron chi connectivity index (χ3n) is 5.12. The molecule has 1 fully saturated rings. The van der Waals surface area contributed by atoms with Crippen LogP contribution in [0.15, 0.2) is 40.9 Å². The van der Waals surface area contributed by atoms with E-state index in [1.54, 1.807) is 0 Å². The summed E-state index contributed by atoms with van der Waals surface area (Å²) < 4.78 is 1.15. The van der Waals surface area contributed by atoms with Gasteiger partial charge in [-0.05, 0) is 61.6 Å². The summed E-state index contributed by atoms with van der Waals surface area (Å²) in [6.45, 7) is 4.65. The van der Waals surface area contributed by atoms with Gasteiger partial charge < -0.3 is 5.32 Å². The Morgan fingerprint density at radius 1 is 1.20 bits per heavy atom. The molecule has 5 unspecified atom stereocenters. The van der Waals surface area contributed by atoms with Crippen LogP contribution in [0, 0.1) is 17.8 Å². The molecule has 1 saturated carbocycles. The fraction of sp³-hybridized carbons (Fsp3) is 0.556. The molecular formula is C18H24BrN. The second kappa shape index (κ2) is 6.03. The maximum Gasteiger partial charge on any atom is 0.0320 e. The van der Waals surface area contributed by atoms with E-state index in [0.717, 1.165) is 28.6 Å². The molecule has 0 radical (unpaired) electrons. The molecule has 1 aromatic rings. The van der Waals surface area contributed by atoms with Gasteiger partial charge in [-0.15, -0.1) is 0 Å². The van der Waals surface area contributed by atoms with Crippen molar-refractivity contribution in [3.8, 4) is 0 Å². The highest BCUT2D eigenvalue weighted by Gasteiger charge is 2.38. The summed E-state index contributed by atoms with van der Waals surface area (Å²) in [5.41, 5.74) is 1.40. The number of rotatable bonds is 5. The molecule has 0 aromatic heterocycles. The van der Waals surface area contributed by atoms with Gasteiger partial charge in [-0.1, -0.05) is 47.1 Å². The summed E-state index contributed by atoms with van der Waals surface area (Å²) in [6.07, 6.45) is 8.80. The molecule has 1 N–H and O–H groups in total. The third-order valence-corrected chi connectivity index (χ3v) is 5.65. The zero-order valence-electron chi connectivity index (χ0n) is 12.4. The highest BCUT2D eigenvalue weighted by atomic mass is 79.9. The number of halogens is 1. The maximum absolute atomic E-state index is 3.88. The van der Waals surface area contributed by atoms with E-state index in [2.05, 4.69) is 71.5 Å². The first kappa shape index (κ1) is 14.3. The predicted molar refractivity (Wildman–Crippen MR) is 88.6 cm³/mol. The molecule has 0 spiro atoms. The second-order valence-corrected chi connectivity index (χ2v) is 7.33. The first-order valence-electron chi connectivity index (χ1n) is 7.87. The maximum atomic E-state index is 3.88. The van der Waals surface area contributed by atoms with Crippen LogP contribution in [-0.4, -0.2) is 6.04 Å². The molecule has 3 rings (SSSR count). The van der Waals surface area contributed by atoms with Gasteiger partial charge in [0.05, 0.1) is 0 Å². The molecule has 0 aliphatic heterocycles. The molecule has 0 saturated heterocycles. The predicted octanol–water partition coefficient (Wildman–Crippen LogP) is 5.09. The van der Waals surface area contributed by atoms with Gasteiger partial charge in [0.1, 0.15) is 0 Å². The van der Waals surface area contributed by atoms with Crippen molar-refractivity contribution in [2.24, 2.45) is 17.8 Å². The van der Waals surface area contributed by atoms with Gasteiger partial charge in [-0.3, -0.25) is 0 Å². The summed E-state index contributed by atoms with van der Waals surface area (Å²) in [4.78, 5) is 0. The highest BCUT2D eigenvalue weighted by Crippen LogP contribution is 2.45. The zero-order valence-corrected chi connectivity index (χ0v) is 13.9. The minimum Gasteiger partial charge on any atom is -0.307 e. The van der Waals surface area contributed by atoms with Crippen LogP contribution >= 0.6 is 15.9 Å². The number of allylic oxidation sites excluding steroid dienone is 2. The van der Waals surface area contributed by atoms with Crippen LogP contribution in [0.1, 0.15) is 44.7 Å². The van der Waals surface area contributed by atoms with Gasteiger partial charge in [0.15, 0.2) is 0 Å². The fourth-order valence-electron chi connectivity index (χ4n) is 3.98. The van der Waals surface area contributed by atoms with E-state index < -0.39 is 0 Å². The van der Waals surface area contributed by atoms with Crippen molar-refractivity contribution in [3.63, 3.8) is 0 Å². The number of nitrogens with one attached hydrogen (secondary N) is 1. The first-order chi connectivity index (χ1) is 9.67. The normalized spacial score (nSPS) is 30.6. The van der Waals surface area contributed by atoms with Crippen molar-refractivity contribution in [3.05, 3.63) is 46.5 Å². The molecule has 2 aliphatic rings. The Labute approximate surface area is 131 Å². The lowest BCUT2D eigenvalue weighted by Gasteiger charge is -2.30. The van der Waals surface area contributed by atoms with Crippen LogP contribution in [0.25, 0.3) is 0 Å². The Morgan fingerprint density at radius 2 is 1.95 bits per heavy atom. The summed E-state index contributed by atoms with van der Waals surface area (Å²) >= 11 is 3.52. The van der Waals surface area contributed by atoms with E-state index in [0.29, 0.717) is 12.1 Å². The average Bonchev–Trinajstić information content (AvgIpc) is 3.08. The highest BCUT2D eigenvalue weighted by molar-refractivity contribution is 9.10. The van der Waals surface area contributed by atoms with E-state index in [4.69, 9.17) is 0 Å². The lowest BCUT2D eigenvalue weighted by Crippen LogP contribution is -2.38. The van der Waals surface area contributed by atoms with Crippen LogP contribution in [0.4, 0.5) is 0 Å². The van der Waals surface area contributed by atoms with Crippen molar-refractivity contribution in [2.75, 3.05) is 0 Å². The Bertz CT molecular complexity index is 479. The third kappa shape index (κ3) is 2.87. The van der Waals surface area contributed by atoms with Crippen LogP contribution in [0.2, 0.25) is 0 Å². The van der Waals surface area contributed by atoms with Crippen LogP contribution in [-0.2, 0) is 0 Å². The Morgan fingerprint density at radius 3 is 2.50 bits per heavy atom. The SMILES string of the molecule is CCC(NC(C)C1CC2C=CC1C2)c1ccc(Br)cc1. The van der Waals surface area contributed by atoms with E-state index >= 15 is 0 Å². The zero-order chi connectivity index (χ0) is 14.1. The molecule has 1 nitrogen and oxygen atoms in total. The average molecular weight is 334 g/mol. The lowest BCUT2D eigenvalue weighted by molar-refractivity contribution is 0.298. The topological polar surface area (TPSA) is 12.0 Å². The van der Waals surface area contributed by atoms with E-state index in [1.807, 2.05) is 0 Å². The summed E-state index contributed by atoms with van der Waals surface area (Å²) in [7, 11) is 0. The van der Waals surface area contributed by atoms with Crippen molar-refractivity contribution in [2.45, 2.75) is 45.2 Å². The van der Waals surface area contributed by atoms with E-state index in [-0.39, 0.29) is 0 Å². The molecular weight excluding hydrogens is 310 g/mol. The Balaban J connectivity index is 1.65. The standard InChI is InChI=1S/C18H24BrN/c1-3-18(14-6-8-16(19)9-7-14)20-12(2)17-11-13-4-5-15(17)10-13/h4-9,12-13,15,17-18,20H,3,10-11H2,1-2H3. The van der Waals surface area contributed by atoms with Gasteiger partial charge in [0.25, 0.3) is 0 Å². The molecule has 2 heteroatoms. The van der Waals surface area contributed by atoms with Crippen molar-refractivity contribution in [1.29, 1.82) is 0 Å². The van der Waals surface area contributed by atoms with Crippen LogP contribution in [0.5, 0.6) is 0 Å². The molecule has 5 atom stereocenters. The first-order valence-corrected chi connectivity index (χ1v) is 8.66. The number of benzene rings is 1. The number of fused-ring (bicyclic) bond motifs is 2. The monoisotopic (exact) mass is 333 g/mol. The quantitative estimate of drug-likeness (QED) is 0.740. The van der Waals surface area contributed by atoms with Gasteiger partial charge in [-0.2, -0.15) is 0 Å². The molecule has 2 aliphatic carbocycles. The molecule has 108 valence electrons. The smallest absolute Gasteiger partial charge is 0.0320 e. The minimum atomic E-state index is 0.473. The van der Waals surface area contributed by atoms with Gasteiger partial charge >= 0.3 is 0 Å². The molecule has 2 bridgehead atoms. The van der Waals surface area contributed by atoms with E-state index in [9.17, 15) is 0 Å². The molecule has 20 heavy (non-hydrogen) atoms. The summed E-state index contributed by atoms with van der Waals surface area (Å²) in [5, 5.41) is 3.88. The van der Waals surface area contributed by atoms with Crippen molar-refractivity contribution in [1.82, 2.24) is 5.32 Å². The number of hydrogen-bond donors (Lipinski definition) is 1. The van der Waals surface area contributed by atoms with Crippen molar-refractivity contribution >= 4 is 15.9 Å². The van der Waals surface area contributed by atoms with Gasteiger partial charge in [0.2, 0.25) is 0 Å². The van der Waals surface area contributed by atoms with Gasteiger partial charge in [0, 0.05) is 16.6 Å². The largest absolute Gasteiger partial charge is 0.307 e. The number of hydrogen-bond acceptors (Lipinski definition) is 1. The fourth-order valence-corrected chi connectivity index (χ4v) is 4.25. The van der Waals surface area contributed by atoms with Gasteiger partial charge in [-0.25, -0.2) is 0 Å². The van der Waals surface area contributed by atoms with Crippen LogP contribution in [0.3, 0.4) is 0 Å². The minimum absolute atomic E-state index is 0.473. The Hall–Kier alpha value is -0.600. The van der Waals surface area contributed by atoms with E-state index in [1.165, 1.54) is 18.4 Å². The lowest BCUT2D eigenvalue weighted by atomic mass is 9.86. The molecule has 1 aromatic carbocycles. The molecule has 0 heterocycles. The molecule has 0 amide bonds. The second-order valence-electron chi connectivity index (χ2n) is 6.41.